The molecule has 0 aliphatic carbocycles. The Balaban J connectivity index is 1.66. The summed E-state index contributed by atoms with van der Waals surface area (Å²) in [5, 5.41) is 9.34. The van der Waals surface area contributed by atoms with Crippen molar-refractivity contribution >= 4 is 29.0 Å². The standard InChI is InChI=1S/C31H41FN4O5/c1-30(2,3)40-28(38)33-16-8-9-24(35-29(39)41-31(4,5)6)19-34-27(37)26-18-22-11-10-21(17-25(22)36(26)7)20-12-14-23(32)15-13-20/h10-15,17-18,24H,8-9,16,19H2,1-7H3,(H,33,38)(H,34,37)(H,35,39)/t24-/m0/s1. The fourth-order valence-corrected chi connectivity index (χ4v) is 4.23. The molecular formula is C31H41FN4O5. The predicted molar refractivity (Wildman–Crippen MR) is 157 cm³/mol. The van der Waals surface area contributed by atoms with Crippen molar-refractivity contribution in [2.45, 2.75) is 71.6 Å². The Bertz CT molecular complexity index is 1370. The lowest BCUT2D eigenvalue weighted by atomic mass is 10.0. The van der Waals surface area contributed by atoms with E-state index in [9.17, 15) is 18.8 Å². The lowest BCUT2D eigenvalue weighted by Gasteiger charge is -2.24. The fourth-order valence-electron chi connectivity index (χ4n) is 4.23. The van der Waals surface area contributed by atoms with Gasteiger partial charge >= 0.3 is 12.2 Å². The van der Waals surface area contributed by atoms with E-state index in [-0.39, 0.29) is 18.3 Å². The highest BCUT2D eigenvalue weighted by atomic mass is 19.1. The molecule has 41 heavy (non-hydrogen) atoms. The Morgan fingerprint density at radius 1 is 0.854 bits per heavy atom. The van der Waals surface area contributed by atoms with Gasteiger partial charge in [0.2, 0.25) is 0 Å². The van der Waals surface area contributed by atoms with Crippen LogP contribution in [0.1, 0.15) is 64.9 Å². The number of carbonyl (C=O) groups is 3. The van der Waals surface area contributed by atoms with Crippen LogP contribution in [0.3, 0.4) is 0 Å². The molecule has 0 unspecified atom stereocenters. The molecule has 2 aromatic carbocycles. The number of hydrogen-bond acceptors (Lipinski definition) is 5. The molecule has 3 N–H and O–H groups in total. The summed E-state index contributed by atoms with van der Waals surface area (Å²) in [6.45, 7) is 11.2. The number of aryl methyl sites for hydroxylation is 1. The zero-order valence-electron chi connectivity index (χ0n) is 24.9. The van der Waals surface area contributed by atoms with Crippen molar-refractivity contribution in [1.29, 1.82) is 0 Å². The number of rotatable bonds is 9. The van der Waals surface area contributed by atoms with E-state index in [1.54, 1.807) is 64.3 Å². The van der Waals surface area contributed by atoms with Gasteiger partial charge in [0.25, 0.3) is 5.91 Å². The number of fused-ring (bicyclic) bond motifs is 1. The van der Waals surface area contributed by atoms with Crippen LogP contribution in [0.5, 0.6) is 0 Å². The number of ether oxygens (including phenoxy) is 2. The second-order valence-electron chi connectivity index (χ2n) is 12.0. The number of halogens is 1. The first-order chi connectivity index (χ1) is 19.1. The molecule has 0 saturated carbocycles. The van der Waals surface area contributed by atoms with Crippen molar-refractivity contribution in [2.24, 2.45) is 7.05 Å². The maximum atomic E-state index is 13.4. The van der Waals surface area contributed by atoms with Crippen molar-refractivity contribution in [3.05, 3.63) is 60.0 Å². The van der Waals surface area contributed by atoms with Gasteiger partial charge in [-0.2, -0.15) is 0 Å². The minimum absolute atomic E-state index is 0.160. The fraction of sp³-hybridized carbons (Fsp3) is 0.452. The second-order valence-corrected chi connectivity index (χ2v) is 12.0. The third kappa shape index (κ3) is 9.81. The molecule has 1 atom stereocenters. The van der Waals surface area contributed by atoms with Gasteiger partial charge in [0.15, 0.2) is 0 Å². The highest BCUT2D eigenvalue weighted by molar-refractivity contribution is 5.99. The normalized spacial score (nSPS) is 12.5. The van der Waals surface area contributed by atoms with Gasteiger partial charge in [-0.25, -0.2) is 14.0 Å². The van der Waals surface area contributed by atoms with Crippen molar-refractivity contribution in [2.75, 3.05) is 13.1 Å². The van der Waals surface area contributed by atoms with E-state index in [2.05, 4.69) is 16.0 Å². The minimum atomic E-state index is -0.675. The monoisotopic (exact) mass is 568 g/mol. The van der Waals surface area contributed by atoms with Gasteiger partial charge < -0.3 is 30.0 Å². The summed E-state index contributed by atoms with van der Waals surface area (Å²) < 4.78 is 25.8. The van der Waals surface area contributed by atoms with Crippen molar-refractivity contribution in [3.8, 4) is 11.1 Å². The van der Waals surface area contributed by atoms with E-state index in [0.717, 1.165) is 22.0 Å². The van der Waals surface area contributed by atoms with E-state index in [1.807, 2.05) is 25.2 Å². The summed E-state index contributed by atoms with van der Waals surface area (Å²) in [5.74, 6) is -0.596. The number of nitrogens with one attached hydrogen (secondary N) is 3. The molecule has 9 nitrogen and oxygen atoms in total. The summed E-state index contributed by atoms with van der Waals surface area (Å²) in [7, 11) is 1.81. The van der Waals surface area contributed by atoms with Crippen LogP contribution < -0.4 is 16.0 Å². The topological polar surface area (TPSA) is 111 Å². The SMILES string of the molecule is Cn1c(C(=O)NC[C@H](CCCNC(=O)OC(C)(C)C)NC(=O)OC(C)(C)C)cc2ccc(-c3ccc(F)cc3)cc21. The molecule has 3 aromatic rings. The van der Waals surface area contributed by atoms with Crippen molar-refractivity contribution in [1.82, 2.24) is 20.5 Å². The molecule has 1 aromatic heterocycles. The van der Waals surface area contributed by atoms with Gasteiger partial charge in [0.05, 0.1) is 0 Å². The molecule has 0 spiro atoms. The van der Waals surface area contributed by atoms with Gasteiger partial charge in [0.1, 0.15) is 22.7 Å². The van der Waals surface area contributed by atoms with Crippen LogP contribution >= 0.6 is 0 Å². The number of hydrogen-bond donors (Lipinski definition) is 3. The van der Waals surface area contributed by atoms with Crippen LogP contribution in [0.2, 0.25) is 0 Å². The first-order valence-corrected chi connectivity index (χ1v) is 13.7. The molecule has 10 heteroatoms. The summed E-state index contributed by atoms with van der Waals surface area (Å²) in [5.41, 5.74) is 1.82. The number of amides is 3. The highest BCUT2D eigenvalue weighted by Crippen LogP contribution is 2.26. The molecule has 0 bridgehead atoms. The van der Waals surface area contributed by atoms with Crippen LogP contribution in [0.4, 0.5) is 14.0 Å². The van der Waals surface area contributed by atoms with Crippen LogP contribution in [0.25, 0.3) is 22.0 Å². The van der Waals surface area contributed by atoms with Gasteiger partial charge in [-0.15, -0.1) is 0 Å². The smallest absolute Gasteiger partial charge is 0.407 e. The molecular weight excluding hydrogens is 527 g/mol. The summed E-state index contributed by atoms with van der Waals surface area (Å²) >= 11 is 0. The molecule has 3 amide bonds. The molecule has 3 rings (SSSR count). The molecule has 0 aliphatic rings. The zero-order chi connectivity index (χ0) is 30.4. The molecule has 0 radical (unpaired) electrons. The first-order valence-electron chi connectivity index (χ1n) is 13.7. The largest absolute Gasteiger partial charge is 0.444 e. The number of alkyl carbamates (subject to hydrolysis) is 2. The van der Waals surface area contributed by atoms with Crippen LogP contribution in [-0.4, -0.2) is 53.0 Å². The van der Waals surface area contributed by atoms with Gasteiger partial charge in [0, 0.05) is 37.1 Å². The lowest BCUT2D eigenvalue weighted by molar-refractivity contribution is 0.0487. The van der Waals surface area contributed by atoms with Crippen LogP contribution in [0.15, 0.2) is 48.5 Å². The average molecular weight is 569 g/mol. The zero-order valence-corrected chi connectivity index (χ0v) is 24.9. The van der Waals surface area contributed by atoms with Gasteiger partial charge in [-0.05, 0) is 89.8 Å². The maximum absolute atomic E-state index is 13.4. The third-order valence-electron chi connectivity index (χ3n) is 6.08. The van der Waals surface area contributed by atoms with Crippen LogP contribution in [0, 0.1) is 5.82 Å². The van der Waals surface area contributed by atoms with E-state index in [1.165, 1.54) is 12.1 Å². The Hall–Kier alpha value is -4.08. The first kappa shape index (κ1) is 31.4. The Labute approximate surface area is 240 Å². The maximum Gasteiger partial charge on any atom is 0.407 e. The molecule has 0 saturated heterocycles. The molecule has 222 valence electrons. The van der Waals surface area contributed by atoms with E-state index in [0.29, 0.717) is 25.1 Å². The number of aromatic nitrogens is 1. The Kier molecular flexibility index (Phi) is 10.0. The summed E-state index contributed by atoms with van der Waals surface area (Å²) in [6, 6.07) is 13.5. The Morgan fingerprint density at radius 2 is 1.46 bits per heavy atom. The predicted octanol–water partition coefficient (Wildman–Crippen LogP) is 5.91. The second kappa shape index (κ2) is 13.1. The van der Waals surface area contributed by atoms with Crippen LogP contribution in [-0.2, 0) is 16.5 Å². The third-order valence-corrected chi connectivity index (χ3v) is 6.08. The Morgan fingerprint density at radius 3 is 2.10 bits per heavy atom. The van der Waals surface area contributed by atoms with Crippen molar-refractivity contribution in [3.63, 3.8) is 0 Å². The minimum Gasteiger partial charge on any atom is -0.444 e. The van der Waals surface area contributed by atoms with E-state index < -0.39 is 29.4 Å². The highest BCUT2D eigenvalue weighted by Gasteiger charge is 2.22. The number of carbonyl (C=O) groups excluding carboxylic acids is 3. The molecule has 1 heterocycles. The quantitative estimate of drug-likeness (QED) is 0.278. The molecule has 0 fully saturated rings. The number of benzene rings is 2. The van der Waals surface area contributed by atoms with E-state index in [4.69, 9.17) is 9.47 Å². The van der Waals surface area contributed by atoms with Crippen molar-refractivity contribution < 1.29 is 28.2 Å². The number of nitrogens with zero attached hydrogens (tertiary/aromatic N) is 1. The van der Waals surface area contributed by atoms with Gasteiger partial charge in [-0.1, -0.05) is 24.3 Å². The average Bonchev–Trinajstić information content (AvgIpc) is 3.19. The lowest BCUT2D eigenvalue weighted by Crippen LogP contribution is -2.46. The molecule has 0 aliphatic heterocycles. The summed E-state index contributed by atoms with van der Waals surface area (Å²) in [6.07, 6.45) is -0.0862. The van der Waals surface area contributed by atoms with E-state index >= 15 is 0 Å². The van der Waals surface area contributed by atoms with Gasteiger partial charge in [-0.3, -0.25) is 4.79 Å². The summed E-state index contributed by atoms with van der Waals surface area (Å²) in [4.78, 5) is 37.6.